The molecule has 7 nitrogen and oxygen atoms in total. The van der Waals surface area contributed by atoms with Crippen LogP contribution in [0.25, 0.3) is 101 Å². The number of pyridine rings is 3. The van der Waals surface area contributed by atoms with Gasteiger partial charge >= 0.3 is 0 Å². The van der Waals surface area contributed by atoms with Crippen LogP contribution in [0.4, 0.5) is 0 Å². The maximum atomic E-state index is 5.21. The van der Waals surface area contributed by atoms with Gasteiger partial charge in [-0.3, -0.25) is 15.0 Å². The Bertz CT molecular complexity index is 3500. The summed E-state index contributed by atoms with van der Waals surface area (Å²) in [5, 5.41) is 1.10. The number of rotatable bonds is 8. The monoisotopic (exact) mass is 809 g/mol. The molecule has 0 spiro atoms. The first-order chi connectivity index (χ1) is 31.0. The average Bonchev–Trinajstić information content (AvgIpc) is 3.33. The van der Waals surface area contributed by atoms with Crippen LogP contribution in [0.3, 0.4) is 0 Å². The Labute approximate surface area is 365 Å². The quantitative estimate of drug-likeness (QED) is 0.151. The smallest absolute Gasteiger partial charge is 0.117 e. The molecule has 0 aliphatic heterocycles. The summed E-state index contributed by atoms with van der Waals surface area (Å²) in [6, 6.07) is 60.7. The fraction of sp³-hybridized carbons (Fsp3) is 0.0536. The van der Waals surface area contributed by atoms with Crippen molar-refractivity contribution in [1.82, 2.24) is 34.9 Å². The summed E-state index contributed by atoms with van der Waals surface area (Å²) >= 11 is 0. The van der Waals surface area contributed by atoms with E-state index < -0.39 is 0 Å². The molecule has 0 saturated carbocycles. The second-order valence-electron chi connectivity index (χ2n) is 16.0. The number of hydrogen-bond donors (Lipinski definition) is 0. The third-order valence-corrected chi connectivity index (χ3v) is 11.5. The van der Waals surface area contributed by atoms with Crippen molar-refractivity contribution < 1.29 is 0 Å². The molecule has 6 aromatic carbocycles. The van der Waals surface area contributed by atoms with Crippen LogP contribution in [-0.2, 0) is 6.42 Å². The van der Waals surface area contributed by atoms with Crippen molar-refractivity contribution in [3.8, 4) is 67.5 Å². The second kappa shape index (κ2) is 16.0. The van der Waals surface area contributed by atoms with Gasteiger partial charge in [0.2, 0.25) is 0 Å². The average molecular weight is 810 g/mol. The highest BCUT2D eigenvalue weighted by Gasteiger charge is 2.18. The fourth-order valence-electron chi connectivity index (χ4n) is 8.36. The molecule has 5 aromatic heterocycles. The molecule has 0 aliphatic carbocycles. The maximum absolute atomic E-state index is 5.21. The normalized spacial score (nSPS) is 11.4. The van der Waals surface area contributed by atoms with Crippen molar-refractivity contribution in [3.05, 3.63) is 211 Å². The number of aryl methyl sites for hydroxylation is 2. The number of hydrogen-bond acceptors (Lipinski definition) is 7. The fourth-order valence-corrected chi connectivity index (χ4v) is 8.36. The Kier molecular flexibility index (Phi) is 9.55. The predicted molar refractivity (Wildman–Crippen MR) is 255 cm³/mol. The zero-order valence-electron chi connectivity index (χ0n) is 34.7. The molecule has 5 heterocycles. The topological polar surface area (TPSA) is 90.2 Å². The van der Waals surface area contributed by atoms with Gasteiger partial charge in [0, 0.05) is 41.0 Å². The molecule has 298 valence electrons. The SMILES string of the molecule is Cc1ccc2nc(-c3ccccc3)c(-c3cccc(-c4ccc(-c5cc(Cc6ccnc(-c7nc8cc(C)ccc8nc7-c7ccccn7)c6)nc6ccccc56)cc4)c3)nc2c1. The van der Waals surface area contributed by atoms with Crippen LogP contribution in [0.1, 0.15) is 22.4 Å². The summed E-state index contributed by atoms with van der Waals surface area (Å²) in [4.78, 5) is 35.1. The highest BCUT2D eigenvalue weighted by Crippen LogP contribution is 2.36. The van der Waals surface area contributed by atoms with E-state index in [9.17, 15) is 0 Å². The molecular formula is C56H39N7. The minimum Gasteiger partial charge on any atom is -0.255 e. The molecule has 7 heteroatoms. The van der Waals surface area contributed by atoms with Crippen LogP contribution >= 0.6 is 0 Å². The summed E-state index contributed by atoms with van der Waals surface area (Å²) in [5.74, 6) is 0. The molecule has 0 N–H and O–H groups in total. The van der Waals surface area contributed by atoms with Crippen molar-refractivity contribution in [3.63, 3.8) is 0 Å². The highest BCUT2D eigenvalue weighted by molar-refractivity contribution is 5.95. The van der Waals surface area contributed by atoms with E-state index in [0.717, 1.165) is 112 Å². The number of benzene rings is 6. The number of nitrogens with zero attached hydrogens (tertiary/aromatic N) is 7. The van der Waals surface area contributed by atoms with Crippen molar-refractivity contribution in [2.24, 2.45) is 0 Å². The second-order valence-corrected chi connectivity index (χ2v) is 16.0. The van der Waals surface area contributed by atoms with E-state index in [1.807, 2.05) is 54.7 Å². The Balaban J connectivity index is 0.933. The van der Waals surface area contributed by atoms with E-state index in [0.29, 0.717) is 17.8 Å². The highest BCUT2D eigenvalue weighted by atomic mass is 14.9. The van der Waals surface area contributed by atoms with Crippen molar-refractivity contribution in [2.45, 2.75) is 20.3 Å². The van der Waals surface area contributed by atoms with Gasteiger partial charge in [-0.05, 0) is 120 Å². The molecule has 11 aromatic rings. The van der Waals surface area contributed by atoms with Crippen LogP contribution in [0.15, 0.2) is 188 Å². The van der Waals surface area contributed by atoms with Gasteiger partial charge in [0.1, 0.15) is 11.4 Å². The van der Waals surface area contributed by atoms with Crippen LogP contribution in [0.2, 0.25) is 0 Å². The summed E-state index contributed by atoms with van der Waals surface area (Å²) in [7, 11) is 0. The molecule has 0 fully saturated rings. The van der Waals surface area contributed by atoms with Crippen LogP contribution < -0.4 is 0 Å². The van der Waals surface area contributed by atoms with Crippen LogP contribution in [0.5, 0.6) is 0 Å². The van der Waals surface area contributed by atoms with E-state index in [1.165, 1.54) is 0 Å². The lowest BCUT2D eigenvalue weighted by molar-refractivity contribution is 1.09. The molecule has 0 saturated heterocycles. The van der Waals surface area contributed by atoms with Crippen LogP contribution in [-0.4, -0.2) is 34.9 Å². The van der Waals surface area contributed by atoms with Gasteiger partial charge < -0.3 is 0 Å². The minimum absolute atomic E-state index is 0.611. The Morgan fingerprint density at radius 1 is 0.349 bits per heavy atom. The number of fused-ring (bicyclic) bond motifs is 3. The molecule has 63 heavy (non-hydrogen) atoms. The molecule has 0 aliphatic rings. The lowest BCUT2D eigenvalue weighted by Crippen LogP contribution is -2.00. The Morgan fingerprint density at radius 3 is 1.75 bits per heavy atom. The molecule has 0 unspecified atom stereocenters. The Morgan fingerprint density at radius 2 is 0.968 bits per heavy atom. The first kappa shape index (κ1) is 37.7. The summed E-state index contributed by atoms with van der Waals surface area (Å²) < 4.78 is 0. The first-order valence-electron chi connectivity index (χ1n) is 21.1. The maximum Gasteiger partial charge on any atom is 0.117 e. The third kappa shape index (κ3) is 7.46. The third-order valence-electron chi connectivity index (χ3n) is 11.5. The van der Waals surface area contributed by atoms with E-state index >= 15 is 0 Å². The van der Waals surface area contributed by atoms with Crippen molar-refractivity contribution in [2.75, 3.05) is 0 Å². The summed E-state index contributed by atoms with van der Waals surface area (Å²) in [6.45, 7) is 4.15. The Hall–Kier alpha value is -8.29. The van der Waals surface area contributed by atoms with E-state index in [4.69, 9.17) is 29.9 Å². The van der Waals surface area contributed by atoms with E-state index in [2.05, 4.69) is 146 Å². The zero-order chi connectivity index (χ0) is 42.3. The van der Waals surface area contributed by atoms with Gasteiger partial charge in [-0.1, -0.05) is 109 Å². The molecule has 0 amide bonds. The molecule has 11 rings (SSSR count). The van der Waals surface area contributed by atoms with E-state index in [1.54, 1.807) is 6.20 Å². The van der Waals surface area contributed by atoms with E-state index in [-0.39, 0.29) is 0 Å². The predicted octanol–water partition coefficient (Wildman–Crippen LogP) is 13.1. The zero-order valence-corrected chi connectivity index (χ0v) is 34.7. The largest absolute Gasteiger partial charge is 0.255 e. The van der Waals surface area contributed by atoms with Gasteiger partial charge in [-0.2, -0.15) is 0 Å². The molecular weight excluding hydrogens is 771 g/mol. The molecule has 0 bridgehead atoms. The van der Waals surface area contributed by atoms with Gasteiger partial charge in [-0.25, -0.2) is 19.9 Å². The lowest BCUT2D eigenvalue weighted by Gasteiger charge is -2.13. The standard InChI is InChI=1S/C56H39N7/c1-35-18-24-47-50(29-35)62-54(53(60-47)40-11-4-3-5-12-40)42-14-10-13-41(33-42)38-20-22-39(23-21-38)45-34-43(59-46-16-7-6-15-44(45)46)31-37-26-28-58-52(32-37)56-55(49-17-8-9-27-57-49)61-48-25-19-36(2)30-51(48)63-56/h3-30,32-34H,31H2,1-2H3. The first-order valence-corrected chi connectivity index (χ1v) is 21.1. The lowest BCUT2D eigenvalue weighted by atomic mass is 9.95. The van der Waals surface area contributed by atoms with Crippen LogP contribution in [0, 0.1) is 13.8 Å². The number of aromatic nitrogens is 7. The van der Waals surface area contributed by atoms with Gasteiger partial charge in [0.15, 0.2) is 0 Å². The summed E-state index contributed by atoms with van der Waals surface area (Å²) in [6.07, 6.45) is 4.24. The number of para-hydroxylation sites is 1. The van der Waals surface area contributed by atoms with Crippen molar-refractivity contribution in [1.29, 1.82) is 0 Å². The van der Waals surface area contributed by atoms with Gasteiger partial charge in [0.05, 0.1) is 50.4 Å². The van der Waals surface area contributed by atoms with Gasteiger partial charge in [-0.15, -0.1) is 0 Å². The minimum atomic E-state index is 0.611. The van der Waals surface area contributed by atoms with Gasteiger partial charge in [0.25, 0.3) is 0 Å². The summed E-state index contributed by atoms with van der Waals surface area (Å²) in [5.41, 5.74) is 19.8. The van der Waals surface area contributed by atoms with Crippen molar-refractivity contribution >= 4 is 33.0 Å². The molecule has 0 radical (unpaired) electrons. The molecule has 0 atom stereocenters.